The van der Waals surface area contributed by atoms with E-state index < -0.39 is 0 Å². The van der Waals surface area contributed by atoms with Gasteiger partial charge in [0.05, 0.1) is 10.7 Å². The van der Waals surface area contributed by atoms with Crippen LogP contribution < -0.4 is 5.32 Å². The molecule has 1 aromatic heterocycles. The molecule has 0 amide bonds. The maximum Gasteiger partial charge on any atom is 0.0898 e. The molecule has 0 bridgehead atoms. The summed E-state index contributed by atoms with van der Waals surface area (Å²) >= 11 is 1.69. The molecule has 1 heterocycles. The van der Waals surface area contributed by atoms with E-state index in [9.17, 15) is 0 Å². The molecule has 0 saturated carbocycles. The molecular weight excluding hydrogens is 220 g/mol. The van der Waals surface area contributed by atoms with E-state index in [1.54, 1.807) is 11.3 Å². The summed E-state index contributed by atoms with van der Waals surface area (Å²) in [5.74, 6) is 0. The Balaban J connectivity index is 2.43. The number of hydrogen-bond acceptors (Lipinski definition) is 4. The Labute approximate surface area is 102 Å². The van der Waals surface area contributed by atoms with Crippen molar-refractivity contribution in [3.05, 3.63) is 16.1 Å². The highest BCUT2D eigenvalue weighted by atomic mass is 32.1. The van der Waals surface area contributed by atoms with Crippen molar-refractivity contribution in [1.29, 1.82) is 0 Å². The number of aryl methyl sites for hydroxylation is 1. The van der Waals surface area contributed by atoms with E-state index in [0.717, 1.165) is 23.7 Å². The first-order valence-electron chi connectivity index (χ1n) is 5.71. The first-order valence-corrected chi connectivity index (χ1v) is 6.59. The molecule has 0 aliphatic heterocycles. The van der Waals surface area contributed by atoms with Crippen LogP contribution in [0.3, 0.4) is 0 Å². The number of aromatic nitrogens is 1. The number of thiazole rings is 1. The maximum atomic E-state index is 8.95. The molecule has 0 spiro atoms. The molecule has 1 unspecified atom stereocenters. The van der Waals surface area contributed by atoms with Gasteiger partial charge in [-0.2, -0.15) is 0 Å². The van der Waals surface area contributed by atoms with Crippen LogP contribution in [0.1, 0.15) is 43.9 Å². The van der Waals surface area contributed by atoms with Gasteiger partial charge >= 0.3 is 0 Å². The monoisotopic (exact) mass is 242 g/mol. The first kappa shape index (κ1) is 13.6. The second kappa shape index (κ2) is 5.75. The van der Waals surface area contributed by atoms with Crippen LogP contribution in [-0.2, 0) is 0 Å². The number of aliphatic hydroxyl groups excluding tert-OH is 1. The molecule has 0 fully saturated rings. The lowest BCUT2D eigenvalue weighted by molar-refractivity contribution is 0.203. The number of rotatable bonds is 6. The normalized spacial score (nSPS) is 14.1. The van der Waals surface area contributed by atoms with E-state index >= 15 is 0 Å². The standard InChI is InChI=1S/C12H22N2OS/c1-9(11-7-16-10(2)14-11)13-8-12(3,4)5-6-15/h7,9,13,15H,5-6,8H2,1-4H3. The number of hydrogen-bond donors (Lipinski definition) is 2. The zero-order chi connectivity index (χ0) is 12.2. The van der Waals surface area contributed by atoms with Gasteiger partial charge in [-0.05, 0) is 25.7 Å². The quantitative estimate of drug-likeness (QED) is 0.805. The van der Waals surface area contributed by atoms with Crippen molar-refractivity contribution in [2.45, 2.75) is 40.2 Å². The minimum Gasteiger partial charge on any atom is -0.396 e. The Morgan fingerprint density at radius 3 is 2.75 bits per heavy atom. The third-order valence-electron chi connectivity index (χ3n) is 2.76. The van der Waals surface area contributed by atoms with Crippen LogP contribution in [0.2, 0.25) is 0 Å². The summed E-state index contributed by atoms with van der Waals surface area (Å²) in [5, 5.41) is 15.6. The van der Waals surface area contributed by atoms with Gasteiger partial charge < -0.3 is 10.4 Å². The Hall–Kier alpha value is -0.450. The fourth-order valence-electron chi connectivity index (χ4n) is 1.50. The Kier molecular flexibility index (Phi) is 4.89. The van der Waals surface area contributed by atoms with Crippen molar-refractivity contribution in [2.75, 3.05) is 13.2 Å². The highest BCUT2D eigenvalue weighted by Gasteiger charge is 2.18. The van der Waals surface area contributed by atoms with E-state index in [1.165, 1.54) is 0 Å². The molecule has 1 rings (SSSR count). The van der Waals surface area contributed by atoms with Gasteiger partial charge in [0.1, 0.15) is 0 Å². The molecule has 2 N–H and O–H groups in total. The molecule has 4 heteroatoms. The van der Waals surface area contributed by atoms with Crippen molar-refractivity contribution in [2.24, 2.45) is 5.41 Å². The van der Waals surface area contributed by atoms with Crippen LogP contribution >= 0.6 is 11.3 Å². The minimum absolute atomic E-state index is 0.133. The van der Waals surface area contributed by atoms with Crippen molar-refractivity contribution in [3.8, 4) is 0 Å². The molecule has 0 aromatic carbocycles. The summed E-state index contributed by atoms with van der Waals surface area (Å²) in [6.45, 7) is 9.62. The van der Waals surface area contributed by atoms with E-state index in [4.69, 9.17) is 5.11 Å². The summed E-state index contributed by atoms with van der Waals surface area (Å²) in [6, 6.07) is 0.280. The Morgan fingerprint density at radius 2 is 2.25 bits per heavy atom. The smallest absolute Gasteiger partial charge is 0.0898 e. The zero-order valence-corrected chi connectivity index (χ0v) is 11.4. The topological polar surface area (TPSA) is 45.2 Å². The number of nitrogens with zero attached hydrogens (tertiary/aromatic N) is 1. The van der Waals surface area contributed by atoms with E-state index in [2.05, 4.69) is 36.5 Å². The highest BCUT2D eigenvalue weighted by molar-refractivity contribution is 7.09. The number of aliphatic hydroxyl groups is 1. The van der Waals surface area contributed by atoms with Crippen molar-refractivity contribution in [3.63, 3.8) is 0 Å². The lowest BCUT2D eigenvalue weighted by atomic mass is 9.89. The van der Waals surface area contributed by atoms with E-state index in [1.807, 2.05) is 6.92 Å². The van der Waals surface area contributed by atoms with Crippen LogP contribution in [0.4, 0.5) is 0 Å². The number of nitrogens with one attached hydrogen (secondary N) is 1. The average molecular weight is 242 g/mol. The lowest BCUT2D eigenvalue weighted by Crippen LogP contribution is -2.32. The molecule has 16 heavy (non-hydrogen) atoms. The maximum absolute atomic E-state index is 8.95. The van der Waals surface area contributed by atoms with Crippen molar-refractivity contribution >= 4 is 11.3 Å². The zero-order valence-electron chi connectivity index (χ0n) is 10.6. The SMILES string of the molecule is Cc1nc(C(C)NCC(C)(C)CCO)cs1. The third kappa shape index (κ3) is 4.20. The van der Waals surface area contributed by atoms with Gasteiger partial charge in [0, 0.05) is 24.6 Å². The molecule has 92 valence electrons. The van der Waals surface area contributed by atoms with Gasteiger partial charge in [0.15, 0.2) is 0 Å². The van der Waals surface area contributed by atoms with Crippen LogP contribution in [-0.4, -0.2) is 23.2 Å². The molecular formula is C12H22N2OS. The molecule has 0 aliphatic carbocycles. The summed E-state index contributed by atoms with van der Waals surface area (Å²) in [6.07, 6.45) is 0.822. The van der Waals surface area contributed by atoms with Crippen molar-refractivity contribution in [1.82, 2.24) is 10.3 Å². The Bertz CT molecular complexity index is 323. The van der Waals surface area contributed by atoms with Gasteiger partial charge in [-0.25, -0.2) is 4.98 Å². The van der Waals surface area contributed by atoms with Crippen LogP contribution in [0.15, 0.2) is 5.38 Å². The predicted octanol–water partition coefficient (Wildman–Crippen LogP) is 2.51. The van der Waals surface area contributed by atoms with Gasteiger partial charge in [-0.3, -0.25) is 0 Å². The Morgan fingerprint density at radius 1 is 1.56 bits per heavy atom. The van der Waals surface area contributed by atoms with Crippen molar-refractivity contribution < 1.29 is 5.11 Å². The summed E-state index contributed by atoms with van der Waals surface area (Å²) < 4.78 is 0. The summed E-state index contributed by atoms with van der Waals surface area (Å²) in [7, 11) is 0. The molecule has 3 nitrogen and oxygen atoms in total. The van der Waals surface area contributed by atoms with Gasteiger partial charge in [0.2, 0.25) is 0 Å². The molecule has 0 saturated heterocycles. The van der Waals surface area contributed by atoms with Gasteiger partial charge in [-0.15, -0.1) is 11.3 Å². The second-order valence-electron chi connectivity index (χ2n) is 5.03. The fraction of sp³-hybridized carbons (Fsp3) is 0.750. The largest absolute Gasteiger partial charge is 0.396 e. The molecule has 1 aromatic rings. The summed E-state index contributed by atoms with van der Waals surface area (Å²) in [5.41, 5.74) is 1.25. The van der Waals surface area contributed by atoms with Crippen LogP contribution in [0.5, 0.6) is 0 Å². The highest BCUT2D eigenvalue weighted by Crippen LogP contribution is 2.21. The lowest BCUT2D eigenvalue weighted by Gasteiger charge is -2.26. The van der Waals surface area contributed by atoms with Gasteiger partial charge in [-0.1, -0.05) is 13.8 Å². The van der Waals surface area contributed by atoms with Crippen LogP contribution in [0.25, 0.3) is 0 Å². The molecule has 0 aliphatic rings. The summed E-state index contributed by atoms with van der Waals surface area (Å²) in [4.78, 5) is 4.46. The predicted molar refractivity (Wildman–Crippen MR) is 68.8 cm³/mol. The first-order chi connectivity index (χ1) is 7.44. The van der Waals surface area contributed by atoms with Crippen LogP contribution in [0, 0.1) is 12.3 Å². The third-order valence-corrected chi connectivity index (χ3v) is 3.55. The molecule has 0 radical (unpaired) electrons. The van der Waals surface area contributed by atoms with Gasteiger partial charge in [0.25, 0.3) is 0 Å². The fourth-order valence-corrected chi connectivity index (χ4v) is 2.21. The van der Waals surface area contributed by atoms with E-state index in [-0.39, 0.29) is 18.1 Å². The average Bonchev–Trinajstić information content (AvgIpc) is 2.61. The van der Waals surface area contributed by atoms with E-state index in [0.29, 0.717) is 0 Å². The second-order valence-corrected chi connectivity index (χ2v) is 6.09. The molecule has 1 atom stereocenters. The minimum atomic E-state index is 0.133.